The molecule has 0 bridgehead atoms. The van der Waals surface area contributed by atoms with Gasteiger partial charge in [0.25, 0.3) is 5.91 Å². The molecule has 0 spiro atoms. The predicted octanol–water partition coefficient (Wildman–Crippen LogP) is 2.40. The topological polar surface area (TPSA) is 45.2 Å². The Labute approximate surface area is 119 Å². The van der Waals surface area contributed by atoms with E-state index in [-0.39, 0.29) is 5.91 Å². The molecule has 5 heteroatoms. The van der Waals surface area contributed by atoms with Crippen LogP contribution in [0.25, 0.3) is 0 Å². The van der Waals surface area contributed by atoms with Crippen LogP contribution in [-0.2, 0) is 0 Å². The number of thioether (sulfide) groups is 1. The van der Waals surface area contributed by atoms with E-state index in [9.17, 15) is 4.79 Å². The lowest BCUT2D eigenvalue weighted by atomic mass is 10.2. The van der Waals surface area contributed by atoms with E-state index in [1.165, 1.54) is 0 Å². The first-order valence-electron chi connectivity index (χ1n) is 6.80. The second-order valence-electron chi connectivity index (χ2n) is 4.67. The third kappa shape index (κ3) is 3.86. The van der Waals surface area contributed by atoms with Crippen LogP contribution in [0.1, 0.15) is 29.4 Å². The van der Waals surface area contributed by atoms with E-state index in [2.05, 4.69) is 10.3 Å². The molecule has 0 saturated carbocycles. The maximum atomic E-state index is 12.5. The number of anilines is 1. The summed E-state index contributed by atoms with van der Waals surface area (Å²) >= 11 is 1.93. The average molecular weight is 279 g/mol. The normalized spacial score (nSPS) is 16.0. The molecule has 4 nitrogen and oxygen atoms in total. The van der Waals surface area contributed by atoms with Gasteiger partial charge in [-0.3, -0.25) is 4.79 Å². The van der Waals surface area contributed by atoms with Gasteiger partial charge in [0.1, 0.15) is 5.82 Å². The van der Waals surface area contributed by atoms with Gasteiger partial charge in [-0.2, -0.15) is 11.8 Å². The molecular formula is C14H21N3OS. The number of rotatable bonds is 3. The highest BCUT2D eigenvalue weighted by Gasteiger charge is 2.18. The van der Waals surface area contributed by atoms with Crippen molar-refractivity contribution in [1.82, 2.24) is 9.88 Å². The number of carbonyl (C=O) groups excluding carboxylic acids is 1. The van der Waals surface area contributed by atoms with E-state index in [4.69, 9.17) is 0 Å². The maximum absolute atomic E-state index is 12.5. The summed E-state index contributed by atoms with van der Waals surface area (Å²) in [4.78, 5) is 18.9. The Morgan fingerprint density at radius 3 is 3.05 bits per heavy atom. The Morgan fingerprint density at radius 2 is 2.26 bits per heavy atom. The highest BCUT2D eigenvalue weighted by atomic mass is 32.2. The van der Waals surface area contributed by atoms with Gasteiger partial charge in [0.2, 0.25) is 0 Å². The molecule has 1 N–H and O–H groups in total. The second-order valence-corrected chi connectivity index (χ2v) is 5.90. The molecule has 104 valence electrons. The van der Waals surface area contributed by atoms with Crippen LogP contribution in [0.5, 0.6) is 0 Å². The van der Waals surface area contributed by atoms with Gasteiger partial charge in [-0.05, 0) is 38.2 Å². The summed E-state index contributed by atoms with van der Waals surface area (Å²) in [5.41, 5.74) is 1.63. The SMILES string of the molecule is CCNc1cc(C(=O)N2CCCSCC2)cc(C)n1. The van der Waals surface area contributed by atoms with Crippen LogP contribution in [0.4, 0.5) is 5.82 Å². The Balaban J connectivity index is 2.17. The smallest absolute Gasteiger partial charge is 0.254 e. The minimum atomic E-state index is 0.132. The van der Waals surface area contributed by atoms with E-state index in [0.29, 0.717) is 0 Å². The first-order valence-corrected chi connectivity index (χ1v) is 7.95. The summed E-state index contributed by atoms with van der Waals surface area (Å²) in [6.07, 6.45) is 1.08. The molecule has 1 aliphatic rings. The summed E-state index contributed by atoms with van der Waals surface area (Å²) < 4.78 is 0. The molecule has 2 rings (SSSR count). The predicted molar refractivity (Wildman–Crippen MR) is 81.0 cm³/mol. The van der Waals surface area contributed by atoms with Gasteiger partial charge in [-0.15, -0.1) is 0 Å². The first-order chi connectivity index (χ1) is 9.20. The van der Waals surface area contributed by atoms with Gasteiger partial charge in [-0.1, -0.05) is 0 Å². The van der Waals surface area contributed by atoms with E-state index in [1.807, 2.05) is 42.6 Å². The zero-order valence-electron chi connectivity index (χ0n) is 11.6. The molecule has 0 aromatic carbocycles. The molecule has 1 aromatic heterocycles. The van der Waals surface area contributed by atoms with Crippen LogP contribution in [0, 0.1) is 6.92 Å². The zero-order chi connectivity index (χ0) is 13.7. The number of nitrogens with one attached hydrogen (secondary N) is 1. The minimum absolute atomic E-state index is 0.132. The highest BCUT2D eigenvalue weighted by molar-refractivity contribution is 7.99. The quantitative estimate of drug-likeness (QED) is 0.923. The van der Waals surface area contributed by atoms with Gasteiger partial charge < -0.3 is 10.2 Å². The summed E-state index contributed by atoms with van der Waals surface area (Å²) in [5, 5.41) is 3.17. The summed E-state index contributed by atoms with van der Waals surface area (Å²) in [5.74, 6) is 3.11. The van der Waals surface area contributed by atoms with Crippen LogP contribution in [0.2, 0.25) is 0 Å². The fourth-order valence-electron chi connectivity index (χ4n) is 2.20. The lowest BCUT2D eigenvalue weighted by Crippen LogP contribution is -2.33. The standard InChI is InChI=1S/C14H21N3OS/c1-3-15-13-10-12(9-11(2)16-13)14(18)17-5-4-7-19-8-6-17/h9-10H,3-8H2,1-2H3,(H,15,16). The molecule has 0 aliphatic carbocycles. The molecule has 1 aliphatic heterocycles. The van der Waals surface area contributed by atoms with Gasteiger partial charge in [0, 0.05) is 36.6 Å². The fourth-order valence-corrected chi connectivity index (χ4v) is 3.08. The number of carbonyl (C=O) groups is 1. The van der Waals surface area contributed by atoms with Crippen LogP contribution in [0.15, 0.2) is 12.1 Å². The summed E-state index contributed by atoms with van der Waals surface area (Å²) in [7, 11) is 0. The van der Waals surface area contributed by atoms with E-state index in [1.54, 1.807) is 0 Å². The second kappa shape index (κ2) is 6.80. The van der Waals surface area contributed by atoms with Gasteiger partial charge in [0.15, 0.2) is 0 Å². The Bertz CT molecular complexity index is 442. The third-order valence-electron chi connectivity index (χ3n) is 3.07. The number of hydrogen-bond acceptors (Lipinski definition) is 4. The largest absolute Gasteiger partial charge is 0.370 e. The van der Waals surface area contributed by atoms with Crippen molar-refractivity contribution in [2.24, 2.45) is 0 Å². The van der Waals surface area contributed by atoms with Crippen molar-refractivity contribution in [2.75, 3.05) is 36.5 Å². The molecule has 0 radical (unpaired) electrons. The number of aromatic nitrogens is 1. The Hall–Kier alpha value is -1.23. The van der Waals surface area contributed by atoms with Crippen LogP contribution < -0.4 is 5.32 Å². The molecule has 1 amide bonds. The monoisotopic (exact) mass is 279 g/mol. The van der Waals surface area contributed by atoms with Crippen molar-refractivity contribution in [3.63, 3.8) is 0 Å². The van der Waals surface area contributed by atoms with Crippen molar-refractivity contribution < 1.29 is 4.79 Å². The average Bonchev–Trinajstić information content (AvgIpc) is 2.66. The lowest BCUT2D eigenvalue weighted by molar-refractivity contribution is 0.0768. The maximum Gasteiger partial charge on any atom is 0.254 e. The molecule has 0 atom stereocenters. The molecule has 0 unspecified atom stereocenters. The first kappa shape index (κ1) is 14.2. The zero-order valence-corrected chi connectivity index (χ0v) is 12.4. The Morgan fingerprint density at radius 1 is 1.42 bits per heavy atom. The Kier molecular flexibility index (Phi) is 5.07. The lowest BCUT2D eigenvalue weighted by Gasteiger charge is -2.20. The van der Waals surface area contributed by atoms with E-state index < -0.39 is 0 Å². The van der Waals surface area contributed by atoms with Crippen molar-refractivity contribution in [3.05, 3.63) is 23.4 Å². The van der Waals surface area contributed by atoms with Gasteiger partial charge in [0.05, 0.1) is 0 Å². The summed E-state index contributed by atoms with van der Waals surface area (Å²) in [6, 6.07) is 3.73. The molecule has 1 fully saturated rings. The molecule has 1 saturated heterocycles. The number of pyridine rings is 1. The van der Waals surface area contributed by atoms with Crippen molar-refractivity contribution in [1.29, 1.82) is 0 Å². The van der Waals surface area contributed by atoms with Crippen molar-refractivity contribution >= 4 is 23.5 Å². The van der Waals surface area contributed by atoms with E-state index in [0.717, 1.165) is 54.6 Å². The van der Waals surface area contributed by atoms with Crippen LogP contribution in [0.3, 0.4) is 0 Å². The number of nitrogens with zero attached hydrogens (tertiary/aromatic N) is 2. The van der Waals surface area contributed by atoms with Crippen molar-refractivity contribution in [2.45, 2.75) is 20.3 Å². The third-order valence-corrected chi connectivity index (χ3v) is 4.12. The molecule has 19 heavy (non-hydrogen) atoms. The number of amides is 1. The molecular weight excluding hydrogens is 258 g/mol. The minimum Gasteiger partial charge on any atom is -0.370 e. The van der Waals surface area contributed by atoms with E-state index >= 15 is 0 Å². The molecule has 2 heterocycles. The van der Waals surface area contributed by atoms with Gasteiger partial charge >= 0.3 is 0 Å². The highest BCUT2D eigenvalue weighted by Crippen LogP contribution is 2.16. The van der Waals surface area contributed by atoms with Gasteiger partial charge in [-0.25, -0.2) is 4.98 Å². The number of aryl methyl sites for hydroxylation is 1. The van der Waals surface area contributed by atoms with Crippen LogP contribution >= 0.6 is 11.8 Å². The summed E-state index contributed by atoms with van der Waals surface area (Å²) in [6.45, 7) is 6.48. The van der Waals surface area contributed by atoms with Crippen molar-refractivity contribution in [3.8, 4) is 0 Å². The molecule has 1 aromatic rings. The van der Waals surface area contributed by atoms with Crippen LogP contribution in [-0.4, -0.2) is 46.9 Å². The number of hydrogen-bond donors (Lipinski definition) is 1. The fraction of sp³-hybridized carbons (Fsp3) is 0.571.